The third-order valence-corrected chi connectivity index (χ3v) is 1.54. The Labute approximate surface area is 135 Å². The van der Waals surface area contributed by atoms with Crippen molar-refractivity contribution in [1.82, 2.24) is 0 Å². The largest absolute Gasteiger partial charge is 1.00 e. The Morgan fingerprint density at radius 2 is 1.57 bits per heavy atom. The van der Waals surface area contributed by atoms with Crippen molar-refractivity contribution in [2.24, 2.45) is 0 Å². The third-order valence-electron chi connectivity index (χ3n) is 1.02. The molecular weight excluding hydrogens is 250 g/mol. The molecule has 0 spiro atoms. The fourth-order valence-electron chi connectivity index (χ4n) is 0.434. The van der Waals surface area contributed by atoms with Crippen LogP contribution in [0.5, 0.6) is 0 Å². The van der Waals surface area contributed by atoms with E-state index in [4.69, 9.17) is 9.79 Å². The van der Waals surface area contributed by atoms with E-state index in [1.807, 2.05) is 21.1 Å². The Morgan fingerprint density at radius 3 is 1.79 bits per heavy atom. The molecule has 0 saturated heterocycles. The number of nitrogens with zero attached hydrogens (tertiary/aromatic N) is 1. The van der Waals surface area contributed by atoms with Gasteiger partial charge >= 0.3 is 66.9 Å². The molecule has 0 saturated carbocycles. The van der Waals surface area contributed by atoms with Gasteiger partial charge in [-0.05, 0) is 0 Å². The molecular formula is C5H15ClNNa2O4P+2. The minimum atomic E-state index is -4.26. The standard InChI is InChI=1S/C5H14NO4P.ClH.2Na/c1-6(2,3)4-5-10-11(7,8)9;;;/h4-5H2,1-3H3,(H-,7,8,9);1H;;/q;;2*+1. The van der Waals surface area contributed by atoms with Gasteiger partial charge in [0, 0.05) is 0 Å². The topological polar surface area (TPSA) is 66.8 Å². The van der Waals surface area contributed by atoms with Gasteiger partial charge in [-0.2, -0.15) is 0 Å². The zero-order valence-electron chi connectivity index (χ0n) is 9.40. The number of likely N-dealkylation sites (N-methyl/N-ethyl adjacent to an activating group) is 1. The zero-order chi connectivity index (χ0) is 9.12. The molecule has 0 atom stereocenters. The van der Waals surface area contributed by atoms with E-state index in [-0.39, 0.29) is 78.1 Å². The van der Waals surface area contributed by atoms with Gasteiger partial charge in [0.05, 0.1) is 21.1 Å². The van der Waals surface area contributed by atoms with Crippen LogP contribution in [0.15, 0.2) is 0 Å². The second kappa shape index (κ2) is 10.5. The van der Waals surface area contributed by atoms with Crippen LogP contribution in [0.1, 0.15) is 0 Å². The maximum atomic E-state index is 10.2. The van der Waals surface area contributed by atoms with Gasteiger partial charge in [0.25, 0.3) is 0 Å². The molecule has 0 unspecified atom stereocenters. The summed E-state index contributed by atoms with van der Waals surface area (Å²) in [6.45, 7) is 0.652. The van der Waals surface area contributed by atoms with Crippen LogP contribution >= 0.6 is 7.82 Å². The fraction of sp³-hybridized carbons (Fsp3) is 1.00. The van der Waals surface area contributed by atoms with Crippen LogP contribution in [0.2, 0.25) is 0 Å². The van der Waals surface area contributed by atoms with E-state index >= 15 is 0 Å². The molecule has 2 N–H and O–H groups in total. The first-order chi connectivity index (χ1) is 4.71. The van der Waals surface area contributed by atoms with Crippen LogP contribution in [0.4, 0.5) is 0 Å². The van der Waals surface area contributed by atoms with Crippen molar-refractivity contribution < 1.29 is 94.9 Å². The summed E-state index contributed by atoms with van der Waals surface area (Å²) in [7, 11) is 1.50. The summed E-state index contributed by atoms with van der Waals surface area (Å²) >= 11 is 0. The zero-order valence-corrected chi connectivity index (χ0v) is 15.0. The molecule has 0 bridgehead atoms. The molecule has 0 heterocycles. The molecule has 5 nitrogen and oxygen atoms in total. The normalized spacial score (nSPS) is 10.6. The van der Waals surface area contributed by atoms with E-state index < -0.39 is 7.82 Å². The number of rotatable bonds is 4. The number of phosphoric ester groups is 1. The average Bonchev–Trinajstić information content (AvgIpc) is 1.55. The van der Waals surface area contributed by atoms with Gasteiger partial charge in [0.15, 0.2) is 0 Å². The van der Waals surface area contributed by atoms with E-state index in [2.05, 4.69) is 4.52 Å². The Bertz CT molecular complexity index is 172. The summed E-state index contributed by atoms with van der Waals surface area (Å²) < 4.78 is 15.1. The van der Waals surface area contributed by atoms with E-state index in [0.29, 0.717) is 11.0 Å². The molecule has 0 aromatic heterocycles. The van der Waals surface area contributed by atoms with Crippen molar-refractivity contribution in [3.63, 3.8) is 0 Å². The molecule has 0 aromatic carbocycles. The second-order valence-electron chi connectivity index (χ2n) is 3.34. The number of phosphoric acid groups is 1. The monoisotopic (exact) mass is 265 g/mol. The molecule has 0 aliphatic carbocycles. The maximum Gasteiger partial charge on any atom is 1.00 e. The molecule has 0 aliphatic heterocycles. The molecule has 0 fully saturated rings. The first-order valence-electron chi connectivity index (χ1n) is 3.21. The van der Waals surface area contributed by atoms with E-state index in [1.54, 1.807) is 0 Å². The van der Waals surface area contributed by atoms with Crippen molar-refractivity contribution >= 4 is 7.82 Å². The predicted octanol–water partition coefficient (Wildman–Crippen LogP) is -9.19. The van der Waals surface area contributed by atoms with Crippen molar-refractivity contribution in [2.45, 2.75) is 0 Å². The van der Waals surface area contributed by atoms with Crippen LogP contribution in [0.25, 0.3) is 0 Å². The van der Waals surface area contributed by atoms with Gasteiger partial charge in [-0.25, -0.2) is 4.57 Å². The van der Waals surface area contributed by atoms with Crippen LogP contribution in [0.3, 0.4) is 0 Å². The van der Waals surface area contributed by atoms with E-state index in [1.165, 1.54) is 0 Å². The summed E-state index contributed by atoms with van der Waals surface area (Å²) in [6, 6.07) is 0. The smallest absolute Gasteiger partial charge is 1.00 e. The average molecular weight is 266 g/mol. The van der Waals surface area contributed by atoms with Gasteiger partial charge in [-0.15, -0.1) is 0 Å². The van der Waals surface area contributed by atoms with E-state index in [9.17, 15) is 4.57 Å². The van der Waals surface area contributed by atoms with E-state index in [0.717, 1.165) is 0 Å². The van der Waals surface area contributed by atoms with Crippen molar-refractivity contribution in [3.8, 4) is 0 Å². The summed E-state index contributed by atoms with van der Waals surface area (Å²) in [6.07, 6.45) is 0. The third kappa shape index (κ3) is 23.9. The van der Waals surface area contributed by atoms with Gasteiger partial charge in [0.1, 0.15) is 13.2 Å². The number of quaternary nitrogens is 1. The molecule has 0 radical (unpaired) electrons. The van der Waals surface area contributed by atoms with Gasteiger partial charge < -0.3 is 26.7 Å². The van der Waals surface area contributed by atoms with Crippen molar-refractivity contribution in [3.05, 3.63) is 0 Å². The quantitative estimate of drug-likeness (QED) is 0.301. The summed E-state index contributed by atoms with van der Waals surface area (Å²) in [4.78, 5) is 16.6. The molecule has 0 amide bonds. The van der Waals surface area contributed by atoms with Crippen molar-refractivity contribution in [1.29, 1.82) is 0 Å². The molecule has 0 aromatic rings. The summed E-state index contributed by atoms with van der Waals surface area (Å²) in [5, 5.41) is 0. The van der Waals surface area contributed by atoms with Crippen LogP contribution in [0, 0.1) is 0 Å². The second-order valence-corrected chi connectivity index (χ2v) is 4.58. The van der Waals surface area contributed by atoms with Gasteiger partial charge in [0.2, 0.25) is 0 Å². The molecule has 0 aliphatic rings. The molecule has 14 heavy (non-hydrogen) atoms. The number of halogens is 1. The van der Waals surface area contributed by atoms with Crippen LogP contribution in [-0.2, 0) is 9.09 Å². The Balaban J connectivity index is -0.000000167. The first-order valence-corrected chi connectivity index (χ1v) is 4.74. The van der Waals surface area contributed by atoms with Crippen LogP contribution < -0.4 is 71.5 Å². The number of hydrogen-bond donors (Lipinski definition) is 2. The van der Waals surface area contributed by atoms with Crippen LogP contribution in [-0.4, -0.2) is 48.6 Å². The van der Waals surface area contributed by atoms with Crippen molar-refractivity contribution in [2.75, 3.05) is 34.3 Å². The number of hydrogen-bond acceptors (Lipinski definition) is 2. The molecule has 76 valence electrons. The fourth-order valence-corrected chi connectivity index (χ4v) is 0.753. The molecule has 0 rings (SSSR count). The summed E-state index contributed by atoms with van der Waals surface area (Å²) in [5.74, 6) is 0. The van der Waals surface area contributed by atoms with Gasteiger partial charge in [-0.3, -0.25) is 4.52 Å². The minimum absolute atomic E-state index is 0. The SMILES string of the molecule is C[N+](C)(C)CCOP(=O)(O)O.[Cl-].[Na+].[Na+]. The summed E-state index contributed by atoms with van der Waals surface area (Å²) in [5.41, 5.74) is 0. The Kier molecular flexibility index (Phi) is 19.0. The minimum Gasteiger partial charge on any atom is -1.00 e. The maximum absolute atomic E-state index is 10.2. The first kappa shape index (κ1) is 25.3. The van der Waals surface area contributed by atoms with Gasteiger partial charge in [-0.1, -0.05) is 0 Å². The predicted molar refractivity (Wildman–Crippen MR) is 40.9 cm³/mol. The molecule has 9 heteroatoms. The Hall–Kier alpha value is 2.36. The Morgan fingerprint density at radius 1 is 1.21 bits per heavy atom.